The molecule has 0 aliphatic carbocycles. The van der Waals surface area contributed by atoms with Crippen LogP contribution in [0.5, 0.6) is 0 Å². The number of urea groups is 1. The van der Waals surface area contributed by atoms with Gasteiger partial charge in [0.1, 0.15) is 6.04 Å². The molecule has 1 heterocycles. The molecule has 1 unspecified atom stereocenters. The lowest BCUT2D eigenvalue weighted by molar-refractivity contribution is -0.122. The Balaban J connectivity index is 1.39. The maximum atomic E-state index is 13.2. The minimum atomic E-state index is -0.832. The SMILES string of the molecule is CC(C(=O)Nc1ccccc1)N(C(=O)CNC(=O)Nc1cccc(Cc2nn[nH]n2)c1)c1ccccc1. The molecule has 4 aromatic rings. The van der Waals surface area contributed by atoms with E-state index in [2.05, 4.69) is 36.6 Å². The zero-order chi connectivity index (χ0) is 26.0. The lowest BCUT2D eigenvalue weighted by atomic mass is 10.1. The van der Waals surface area contributed by atoms with E-state index in [1.54, 1.807) is 61.5 Å². The minimum Gasteiger partial charge on any atom is -0.329 e. The Hall–Kier alpha value is -5.06. The number of aromatic amines is 1. The molecule has 4 amide bonds. The quantitative estimate of drug-likeness (QED) is 0.279. The predicted octanol–water partition coefficient (Wildman–Crippen LogP) is 2.97. The van der Waals surface area contributed by atoms with Crippen LogP contribution in [-0.4, -0.2) is 51.1 Å². The first kappa shape index (κ1) is 25.0. The molecular weight excluding hydrogens is 472 g/mol. The van der Waals surface area contributed by atoms with E-state index in [1.165, 1.54) is 4.90 Å². The number of hydrogen-bond donors (Lipinski definition) is 4. The number of hydrogen-bond acceptors (Lipinski definition) is 6. The second-order valence-electron chi connectivity index (χ2n) is 8.14. The number of benzene rings is 3. The van der Waals surface area contributed by atoms with Gasteiger partial charge >= 0.3 is 6.03 Å². The van der Waals surface area contributed by atoms with E-state index in [0.29, 0.717) is 29.3 Å². The van der Waals surface area contributed by atoms with Crippen molar-refractivity contribution in [3.8, 4) is 0 Å². The lowest BCUT2D eigenvalue weighted by Crippen LogP contribution is -2.50. The topological polar surface area (TPSA) is 145 Å². The van der Waals surface area contributed by atoms with Gasteiger partial charge in [0.05, 0.1) is 6.54 Å². The summed E-state index contributed by atoms with van der Waals surface area (Å²) in [6.45, 7) is 1.32. The Morgan fingerprint density at radius 1 is 0.892 bits per heavy atom. The number of para-hydroxylation sites is 2. The van der Waals surface area contributed by atoms with Gasteiger partial charge in [0, 0.05) is 23.5 Å². The van der Waals surface area contributed by atoms with Crippen LogP contribution in [0, 0.1) is 0 Å². The summed E-state index contributed by atoms with van der Waals surface area (Å²) in [5.74, 6) is -0.271. The third kappa shape index (κ3) is 6.98. The van der Waals surface area contributed by atoms with Gasteiger partial charge in [0.25, 0.3) is 0 Å². The van der Waals surface area contributed by atoms with Crippen LogP contribution in [0.2, 0.25) is 0 Å². The summed E-state index contributed by atoms with van der Waals surface area (Å²) in [4.78, 5) is 40.1. The molecule has 188 valence electrons. The predicted molar refractivity (Wildman–Crippen MR) is 139 cm³/mol. The summed E-state index contributed by atoms with van der Waals surface area (Å²) in [6, 6.07) is 23.6. The standard InChI is InChI=1S/C26H26N8O3/c1-18(25(36)28-20-10-4-2-5-11-20)34(22-13-6-3-7-14-22)24(35)17-27-26(37)29-21-12-8-9-19(15-21)16-23-30-32-33-31-23/h2-15,18H,16-17H2,1H3,(H,28,36)(H2,27,29,37)(H,30,31,32,33). The zero-order valence-corrected chi connectivity index (χ0v) is 20.1. The molecule has 0 saturated carbocycles. The molecule has 0 bridgehead atoms. The van der Waals surface area contributed by atoms with Gasteiger partial charge in [0.15, 0.2) is 5.82 Å². The zero-order valence-electron chi connectivity index (χ0n) is 20.1. The first-order valence-corrected chi connectivity index (χ1v) is 11.6. The van der Waals surface area contributed by atoms with Crippen LogP contribution >= 0.6 is 0 Å². The second kappa shape index (κ2) is 12.1. The van der Waals surface area contributed by atoms with E-state index in [0.717, 1.165) is 5.56 Å². The highest BCUT2D eigenvalue weighted by molar-refractivity contribution is 6.06. The number of anilines is 3. The molecule has 0 aliphatic heterocycles. The molecule has 11 heteroatoms. The summed E-state index contributed by atoms with van der Waals surface area (Å²) < 4.78 is 0. The Bertz CT molecular complexity index is 1330. The minimum absolute atomic E-state index is 0.313. The van der Waals surface area contributed by atoms with Gasteiger partial charge in [-0.2, -0.15) is 5.21 Å². The summed E-state index contributed by atoms with van der Waals surface area (Å²) >= 11 is 0. The van der Waals surface area contributed by atoms with E-state index in [9.17, 15) is 14.4 Å². The number of nitrogens with one attached hydrogen (secondary N) is 4. The lowest BCUT2D eigenvalue weighted by Gasteiger charge is -2.28. The van der Waals surface area contributed by atoms with E-state index in [4.69, 9.17) is 0 Å². The van der Waals surface area contributed by atoms with Crippen molar-refractivity contribution in [2.45, 2.75) is 19.4 Å². The number of H-pyrrole nitrogens is 1. The maximum absolute atomic E-state index is 13.2. The third-order valence-corrected chi connectivity index (χ3v) is 5.45. The van der Waals surface area contributed by atoms with Gasteiger partial charge in [-0.05, 0) is 48.9 Å². The van der Waals surface area contributed by atoms with Crippen LogP contribution in [0.4, 0.5) is 21.9 Å². The Kier molecular flexibility index (Phi) is 8.17. The molecule has 4 rings (SSSR count). The number of nitrogens with zero attached hydrogens (tertiary/aromatic N) is 4. The van der Waals surface area contributed by atoms with Crippen molar-refractivity contribution in [3.05, 3.63) is 96.3 Å². The fraction of sp³-hybridized carbons (Fsp3) is 0.154. The van der Waals surface area contributed by atoms with Crippen molar-refractivity contribution in [1.29, 1.82) is 0 Å². The Labute approximate surface area is 213 Å². The van der Waals surface area contributed by atoms with Gasteiger partial charge in [-0.1, -0.05) is 53.7 Å². The van der Waals surface area contributed by atoms with Crippen molar-refractivity contribution < 1.29 is 14.4 Å². The molecule has 0 radical (unpaired) electrons. The summed E-state index contributed by atoms with van der Waals surface area (Å²) in [5, 5.41) is 21.9. The molecule has 1 atom stereocenters. The summed E-state index contributed by atoms with van der Waals surface area (Å²) in [5.41, 5.74) is 2.59. The Morgan fingerprint density at radius 2 is 1.59 bits per heavy atom. The van der Waals surface area contributed by atoms with Crippen molar-refractivity contribution in [3.63, 3.8) is 0 Å². The van der Waals surface area contributed by atoms with Gasteiger partial charge < -0.3 is 16.0 Å². The van der Waals surface area contributed by atoms with E-state index in [-0.39, 0.29) is 12.5 Å². The molecule has 1 aromatic heterocycles. The van der Waals surface area contributed by atoms with E-state index < -0.39 is 18.0 Å². The third-order valence-electron chi connectivity index (χ3n) is 5.45. The fourth-order valence-electron chi connectivity index (χ4n) is 3.67. The molecule has 0 aliphatic rings. The number of carbonyl (C=O) groups is 3. The first-order chi connectivity index (χ1) is 18.0. The molecule has 37 heavy (non-hydrogen) atoms. The largest absolute Gasteiger partial charge is 0.329 e. The monoisotopic (exact) mass is 498 g/mol. The summed E-state index contributed by atoms with van der Waals surface area (Å²) in [7, 11) is 0. The van der Waals surface area contributed by atoms with Crippen LogP contribution < -0.4 is 20.9 Å². The average molecular weight is 499 g/mol. The van der Waals surface area contributed by atoms with E-state index in [1.807, 2.05) is 30.3 Å². The number of aromatic nitrogens is 4. The molecular formula is C26H26N8O3. The molecule has 3 aromatic carbocycles. The highest BCUT2D eigenvalue weighted by Gasteiger charge is 2.27. The molecule has 0 saturated heterocycles. The van der Waals surface area contributed by atoms with Gasteiger partial charge in [-0.25, -0.2) is 4.79 Å². The van der Waals surface area contributed by atoms with Gasteiger partial charge in [0.2, 0.25) is 11.8 Å². The average Bonchev–Trinajstić information content (AvgIpc) is 3.42. The number of amides is 4. The van der Waals surface area contributed by atoms with Crippen LogP contribution in [0.15, 0.2) is 84.9 Å². The molecule has 4 N–H and O–H groups in total. The maximum Gasteiger partial charge on any atom is 0.319 e. The first-order valence-electron chi connectivity index (χ1n) is 11.6. The van der Waals surface area contributed by atoms with Crippen LogP contribution in [0.25, 0.3) is 0 Å². The van der Waals surface area contributed by atoms with Gasteiger partial charge in [-0.15, -0.1) is 10.2 Å². The molecule has 0 spiro atoms. The highest BCUT2D eigenvalue weighted by Crippen LogP contribution is 2.18. The molecule has 0 fully saturated rings. The van der Waals surface area contributed by atoms with Crippen molar-refractivity contribution in [1.82, 2.24) is 25.9 Å². The number of tetrazole rings is 1. The van der Waals surface area contributed by atoms with Crippen molar-refractivity contribution in [2.24, 2.45) is 0 Å². The van der Waals surface area contributed by atoms with Crippen molar-refractivity contribution in [2.75, 3.05) is 22.1 Å². The second-order valence-corrected chi connectivity index (χ2v) is 8.14. The van der Waals surface area contributed by atoms with Crippen LogP contribution in [-0.2, 0) is 16.0 Å². The number of carbonyl (C=O) groups excluding carboxylic acids is 3. The smallest absolute Gasteiger partial charge is 0.319 e. The summed E-state index contributed by atoms with van der Waals surface area (Å²) in [6.07, 6.45) is 0.446. The van der Waals surface area contributed by atoms with Crippen LogP contribution in [0.1, 0.15) is 18.3 Å². The normalized spacial score (nSPS) is 11.3. The fourth-order valence-corrected chi connectivity index (χ4v) is 3.67. The highest BCUT2D eigenvalue weighted by atomic mass is 16.2. The van der Waals surface area contributed by atoms with Gasteiger partial charge in [-0.3, -0.25) is 14.5 Å². The Morgan fingerprint density at radius 3 is 2.30 bits per heavy atom. The van der Waals surface area contributed by atoms with Crippen molar-refractivity contribution >= 4 is 34.9 Å². The van der Waals surface area contributed by atoms with E-state index >= 15 is 0 Å². The number of rotatable bonds is 9. The van der Waals surface area contributed by atoms with Crippen LogP contribution in [0.3, 0.4) is 0 Å². The molecule has 11 nitrogen and oxygen atoms in total.